The number of aryl methyl sites for hydroxylation is 1. The first kappa shape index (κ1) is 15.4. The fraction of sp³-hybridized carbons (Fsp3) is 0.409. The second kappa shape index (κ2) is 6.43. The highest BCUT2D eigenvalue weighted by atomic mass is 16.2. The molecule has 0 aromatic heterocycles. The summed E-state index contributed by atoms with van der Waals surface area (Å²) in [5, 5.41) is 0. The predicted octanol–water partition coefficient (Wildman–Crippen LogP) is 5.25. The van der Waals surface area contributed by atoms with Gasteiger partial charge < -0.3 is 4.90 Å². The van der Waals surface area contributed by atoms with Crippen molar-refractivity contribution in [3.8, 4) is 0 Å². The molecule has 2 nitrogen and oxygen atoms in total. The standard InChI is InChI=1S/C22H25NO/c1-16-7-12-21-20(15-16)13-14-23(21)22(24)19-10-8-18(9-11-19)17-5-3-2-4-6-17/h7-12,15,17H,2-6,13-14H2,1H3. The molecular formula is C22H25NO. The minimum Gasteiger partial charge on any atom is -0.308 e. The SMILES string of the molecule is Cc1ccc2c(c1)CCN2C(=O)c1ccc(C2CCCCC2)cc1. The number of fused-ring (bicyclic) bond motifs is 1. The van der Waals surface area contributed by atoms with Crippen LogP contribution in [0.5, 0.6) is 0 Å². The minimum atomic E-state index is 0.132. The highest BCUT2D eigenvalue weighted by molar-refractivity contribution is 6.07. The van der Waals surface area contributed by atoms with Gasteiger partial charge in [-0.3, -0.25) is 4.79 Å². The molecule has 24 heavy (non-hydrogen) atoms. The molecule has 1 saturated carbocycles. The van der Waals surface area contributed by atoms with Gasteiger partial charge in [0.15, 0.2) is 0 Å². The number of benzene rings is 2. The fourth-order valence-corrected chi connectivity index (χ4v) is 4.23. The van der Waals surface area contributed by atoms with Crippen molar-refractivity contribution in [1.29, 1.82) is 0 Å². The van der Waals surface area contributed by atoms with E-state index in [1.54, 1.807) is 0 Å². The zero-order valence-corrected chi connectivity index (χ0v) is 14.4. The van der Waals surface area contributed by atoms with Gasteiger partial charge in [0.2, 0.25) is 0 Å². The van der Waals surface area contributed by atoms with Crippen LogP contribution >= 0.6 is 0 Å². The zero-order chi connectivity index (χ0) is 16.5. The molecule has 0 unspecified atom stereocenters. The van der Waals surface area contributed by atoms with Gasteiger partial charge in [0.25, 0.3) is 5.91 Å². The van der Waals surface area contributed by atoms with Crippen LogP contribution in [0.3, 0.4) is 0 Å². The second-order valence-corrected chi connectivity index (χ2v) is 7.30. The number of amides is 1. The largest absolute Gasteiger partial charge is 0.308 e. The van der Waals surface area contributed by atoms with Gasteiger partial charge >= 0.3 is 0 Å². The van der Waals surface area contributed by atoms with Crippen molar-refractivity contribution < 1.29 is 4.79 Å². The molecule has 1 amide bonds. The summed E-state index contributed by atoms with van der Waals surface area (Å²) in [5.41, 5.74) is 5.86. The summed E-state index contributed by atoms with van der Waals surface area (Å²) in [5.74, 6) is 0.825. The Bertz CT molecular complexity index is 741. The van der Waals surface area contributed by atoms with E-state index < -0.39 is 0 Å². The highest BCUT2D eigenvalue weighted by Crippen LogP contribution is 2.33. The lowest BCUT2D eigenvalue weighted by Crippen LogP contribution is -2.28. The number of rotatable bonds is 2. The molecule has 4 rings (SSSR count). The molecule has 0 radical (unpaired) electrons. The molecule has 0 atom stereocenters. The Morgan fingerprint density at radius 3 is 2.50 bits per heavy atom. The second-order valence-electron chi connectivity index (χ2n) is 7.30. The van der Waals surface area contributed by atoms with Crippen molar-refractivity contribution in [2.24, 2.45) is 0 Å². The summed E-state index contributed by atoms with van der Waals surface area (Å²) >= 11 is 0. The fourth-order valence-electron chi connectivity index (χ4n) is 4.23. The topological polar surface area (TPSA) is 20.3 Å². The van der Waals surface area contributed by atoms with Crippen molar-refractivity contribution in [3.05, 3.63) is 64.7 Å². The third-order valence-electron chi connectivity index (χ3n) is 5.61. The van der Waals surface area contributed by atoms with Crippen LogP contribution in [0.15, 0.2) is 42.5 Å². The average Bonchev–Trinajstić information content (AvgIpc) is 3.05. The van der Waals surface area contributed by atoms with Gasteiger partial charge in [0.05, 0.1) is 0 Å². The molecule has 2 aromatic carbocycles. The number of hydrogen-bond acceptors (Lipinski definition) is 1. The van der Waals surface area contributed by atoms with Crippen molar-refractivity contribution in [3.63, 3.8) is 0 Å². The maximum Gasteiger partial charge on any atom is 0.258 e. The van der Waals surface area contributed by atoms with E-state index in [0.717, 1.165) is 24.2 Å². The summed E-state index contributed by atoms with van der Waals surface area (Å²) in [4.78, 5) is 14.8. The Kier molecular flexibility index (Phi) is 4.13. The first-order chi connectivity index (χ1) is 11.7. The van der Waals surface area contributed by atoms with E-state index in [1.165, 1.54) is 48.8 Å². The summed E-state index contributed by atoms with van der Waals surface area (Å²) in [6, 6.07) is 14.8. The highest BCUT2D eigenvalue weighted by Gasteiger charge is 2.25. The third-order valence-corrected chi connectivity index (χ3v) is 5.61. The molecule has 1 aliphatic heterocycles. The van der Waals surface area contributed by atoms with E-state index in [9.17, 15) is 4.79 Å². The lowest BCUT2D eigenvalue weighted by Gasteiger charge is -2.22. The first-order valence-electron chi connectivity index (χ1n) is 9.24. The molecule has 0 spiro atoms. The van der Waals surface area contributed by atoms with Gasteiger partial charge in [-0.05, 0) is 61.4 Å². The summed E-state index contributed by atoms with van der Waals surface area (Å²) in [6.07, 6.45) is 7.62. The monoisotopic (exact) mass is 319 g/mol. The molecule has 0 bridgehead atoms. The summed E-state index contributed by atoms with van der Waals surface area (Å²) in [6.45, 7) is 2.90. The first-order valence-corrected chi connectivity index (χ1v) is 9.24. The Morgan fingerprint density at radius 2 is 1.75 bits per heavy atom. The molecule has 1 heterocycles. The van der Waals surface area contributed by atoms with Crippen LogP contribution in [0.1, 0.15) is 65.1 Å². The Balaban J connectivity index is 1.53. The van der Waals surface area contributed by atoms with Crippen LogP contribution in [0.2, 0.25) is 0 Å². The van der Waals surface area contributed by atoms with E-state index in [0.29, 0.717) is 5.92 Å². The lowest BCUT2D eigenvalue weighted by atomic mass is 9.84. The normalized spacial score (nSPS) is 17.8. The predicted molar refractivity (Wildman–Crippen MR) is 98.8 cm³/mol. The number of anilines is 1. The third kappa shape index (κ3) is 2.86. The maximum absolute atomic E-state index is 12.9. The maximum atomic E-state index is 12.9. The lowest BCUT2D eigenvalue weighted by molar-refractivity contribution is 0.0989. The van der Waals surface area contributed by atoms with E-state index in [-0.39, 0.29) is 5.91 Å². The van der Waals surface area contributed by atoms with Gasteiger partial charge in [0.1, 0.15) is 0 Å². The average molecular weight is 319 g/mol. The van der Waals surface area contributed by atoms with E-state index in [1.807, 2.05) is 17.0 Å². The molecular weight excluding hydrogens is 294 g/mol. The van der Waals surface area contributed by atoms with E-state index in [2.05, 4.69) is 37.3 Å². The van der Waals surface area contributed by atoms with Gasteiger partial charge in [-0.2, -0.15) is 0 Å². The van der Waals surface area contributed by atoms with Crippen LogP contribution in [0.4, 0.5) is 5.69 Å². The van der Waals surface area contributed by atoms with Crippen molar-refractivity contribution >= 4 is 11.6 Å². The van der Waals surface area contributed by atoms with Crippen LogP contribution in [-0.2, 0) is 6.42 Å². The quantitative estimate of drug-likeness (QED) is 0.740. The Morgan fingerprint density at radius 1 is 1.00 bits per heavy atom. The molecule has 0 saturated heterocycles. The molecule has 1 fully saturated rings. The number of carbonyl (C=O) groups is 1. The van der Waals surface area contributed by atoms with Crippen LogP contribution in [-0.4, -0.2) is 12.5 Å². The zero-order valence-electron chi connectivity index (χ0n) is 14.4. The Labute approximate surface area is 144 Å². The van der Waals surface area contributed by atoms with Gasteiger partial charge in [-0.15, -0.1) is 0 Å². The van der Waals surface area contributed by atoms with Crippen LogP contribution < -0.4 is 4.90 Å². The summed E-state index contributed by atoms with van der Waals surface area (Å²) < 4.78 is 0. The van der Waals surface area contributed by atoms with Crippen molar-refractivity contribution in [2.45, 2.75) is 51.4 Å². The van der Waals surface area contributed by atoms with Crippen molar-refractivity contribution in [2.75, 3.05) is 11.4 Å². The number of hydrogen-bond donors (Lipinski definition) is 0. The smallest absolute Gasteiger partial charge is 0.258 e. The number of carbonyl (C=O) groups excluding carboxylic acids is 1. The van der Waals surface area contributed by atoms with Crippen LogP contribution in [0.25, 0.3) is 0 Å². The minimum absolute atomic E-state index is 0.132. The molecule has 2 aromatic rings. The molecule has 2 aliphatic rings. The van der Waals surface area contributed by atoms with Gasteiger partial charge in [-0.25, -0.2) is 0 Å². The Hall–Kier alpha value is -2.09. The molecule has 2 heteroatoms. The van der Waals surface area contributed by atoms with E-state index >= 15 is 0 Å². The van der Waals surface area contributed by atoms with Crippen LogP contribution in [0, 0.1) is 6.92 Å². The van der Waals surface area contributed by atoms with Gasteiger partial charge in [-0.1, -0.05) is 49.1 Å². The number of nitrogens with zero attached hydrogens (tertiary/aromatic N) is 1. The van der Waals surface area contributed by atoms with Gasteiger partial charge in [0, 0.05) is 17.8 Å². The summed E-state index contributed by atoms with van der Waals surface area (Å²) in [7, 11) is 0. The van der Waals surface area contributed by atoms with E-state index in [4.69, 9.17) is 0 Å². The molecule has 1 aliphatic carbocycles. The van der Waals surface area contributed by atoms with Crippen molar-refractivity contribution in [1.82, 2.24) is 0 Å². The molecule has 0 N–H and O–H groups in total. The molecule has 124 valence electrons.